The summed E-state index contributed by atoms with van der Waals surface area (Å²) < 4.78 is 5.64. The Morgan fingerprint density at radius 3 is 3.00 bits per heavy atom. The molecular formula is C10H21NOS. The zero-order chi connectivity index (χ0) is 9.36. The van der Waals surface area contributed by atoms with Gasteiger partial charge in [-0.05, 0) is 38.5 Å². The molecule has 1 aliphatic rings. The maximum absolute atomic E-state index is 5.64. The van der Waals surface area contributed by atoms with Gasteiger partial charge >= 0.3 is 0 Å². The summed E-state index contributed by atoms with van der Waals surface area (Å²) in [5, 5.41) is 3.43. The van der Waals surface area contributed by atoms with Crippen LogP contribution in [0, 0.1) is 0 Å². The molecule has 2 nitrogen and oxygen atoms in total. The second-order valence-corrected chi connectivity index (χ2v) is 4.51. The Morgan fingerprint density at radius 1 is 1.38 bits per heavy atom. The molecule has 0 aromatic heterocycles. The van der Waals surface area contributed by atoms with E-state index in [9.17, 15) is 0 Å². The van der Waals surface area contributed by atoms with Gasteiger partial charge in [0.1, 0.15) is 0 Å². The number of thioether (sulfide) groups is 1. The highest BCUT2D eigenvalue weighted by molar-refractivity contribution is 7.98. The van der Waals surface area contributed by atoms with Crippen LogP contribution in [0.1, 0.15) is 25.7 Å². The van der Waals surface area contributed by atoms with E-state index in [4.69, 9.17) is 4.74 Å². The minimum atomic E-state index is 0.538. The molecule has 0 bridgehead atoms. The van der Waals surface area contributed by atoms with Gasteiger partial charge in [0.25, 0.3) is 0 Å². The van der Waals surface area contributed by atoms with Crippen LogP contribution >= 0.6 is 11.8 Å². The van der Waals surface area contributed by atoms with Crippen molar-refractivity contribution in [3.8, 4) is 0 Å². The Balaban J connectivity index is 1.86. The topological polar surface area (TPSA) is 21.3 Å². The molecule has 1 fully saturated rings. The average molecular weight is 203 g/mol. The van der Waals surface area contributed by atoms with E-state index in [1.807, 2.05) is 11.8 Å². The number of hydrogen-bond acceptors (Lipinski definition) is 3. The quantitative estimate of drug-likeness (QED) is 0.666. The molecule has 78 valence electrons. The summed E-state index contributed by atoms with van der Waals surface area (Å²) in [7, 11) is 0. The van der Waals surface area contributed by atoms with Crippen LogP contribution in [0.4, 0.5) is 0 Å². The first-order chi connectivity index (χ1) is 6.43. The molecule has 1 heterocycles. The third kappa shape index (κ3) is 5.55. The Labute approximate surface area is 85.8 Å². The highest BCUT2D eigenvalue weighted by Gasteiger charge is 2.12. The molecule has 3 heteroatoms. The van der Waals surface area contributed by atoms with Gasteiger partial charge in [0.15, 0.2) is 0 Å². The van der Waals surface area contributed by atoms with Crippen LogP contribution in [0.3, 0.4) is 0 Å². The normalized spacial score (nSPS) is 23.3. The summed E-state index contributed by atoms with van der Waals surface area (Å²) in [4.78, 5) is 0. The summed E-state index contributed by atoms with van der Waals surface area (Å²) in [5.74, 6) is 1.21. The number of nitrogens with one attached hydrogen (secondary N) is 1. The second-order valence-electron chi connectivity index (χ2n) is 3.52. The Hall–Kier alpha value is 0.270. The van der Waals surface area contributed by atoms with E-state index in [0.717, 1.165) is 19.7 Å². The first-order valence-electron chi connectivity index (χ1n) is 5.24. The lowest BCUT2D eigenvalue weighted by Gasteiger charge is -2.22. The fraction of sp³-hybridized carbons (Fsp3) is 1.00. The number of ether oxygens (including phenoxy) is 1. The lowest BCUT2D eigenvalue weighted by molar-refractivity contribution is 0.0117. The van der Waals surface area contributed by atoms with E-state index < -0.39 is 0 Å². The van der Waals surface area contributed by atoms with Gasteiger partial charge in [-0.2, -0.15) is 11.8 Å². The van der Waals surface area contributed by atoms with Crippen molar-refractivity contribution in [1.29, 1.82) is 0 Å². The van der Waals surface area contributed by atoms with E-state index in [1.165, 1.54) is 31.4 Å². The summed E-state index contributed by atoms with van der Waals surface area (Å²) >= 11 is 1.89. The summed E-state index contributed by atoms with van der Waals surface area (Å²) in [6.07, 6.45) is 7.76. The fourth-order valence-electron chi connectivity index (χ4n) is 1.60. The third-order valence-corrected chi connectivity index (χ3v) is 3.01. The fourth-order valence-corrected chi connectivity index (χ4v) is 1.95. The van der Waals surface area contributed by atoms with Crippen molar-refractivity contribution in [2.75, 3.05) is 31.7 Å². The number of rotatable bonds is 6. The maximum atomic E-state index is 5.64. The number of hydrogen-bond donors (Lipinski definition) is 1. The summed E-state index contributed by atoms with van der Waals surface area (Å²) in [6.45, 7) is 3.23. The monoisotopic (exact) mass is 203 g/mol. The van der Waals surface area contributed by atoms with Crippen molar-refractivity contribution in [3.63, 3.8) is 0 Å². The van der Waals surface area contributed by atoms with Crippen molar-refractivity contribution in [2.24, 2.45) is 0 Å². The third-order valence-electron chi connectivity index (χ3n) is 2.40. The Kier molecular flexibility index (Phi) is 6.68. The van der Waals surface area contributed by atoms with Crippen LogP contribution in [-0.2, 0) is 4.74 Å². The molecule has 0 amide bonds. The zero-order valence-corrected chi connectivity index (χ0v) is 9.37. The van der Waals surface area contributed by atoms with Gasteiger partial charge in [-0.3, -0.25) is 0 Å². The van der Waals surface area contributed by atoms with Gasteiger partial charge in [-0.15, -0.1) is 0 Å². The highest BCUT2D eigenvalue weighted by atomic mass is 32.2. The molecule has 0 aromatic carbocycles. The van der Waals surface area contributed by atoms with Gasteiger partial charge in [0.2, 0.25) is 0 Å². The minimum Gasteiger partial charge on any atom is -0.378 e. The van der Waals surface area contributed by atoms with E-state index >= 15 is 0 Å². The molecule has 1 saturated heterocycles. The molecule has 0 aliphatic carbocycles. The lowest BCUT2D eigenvalue weighted by Crippen LogP contribution is -2.26. The molecule has 0 saturated carbocycles. The Morgan fingerprint density at radius 2 is 2.31 bits per heavy atom. The van der Waals surface area contributed by atoms with Gasteiger partial charge in [0, 0.05) is 18.9 Å². The van der Waals surface area contributed by atoms with Crippen molar-refractivity contribution < 1.29 is 4.74 Å². The molecule has 1 N–H and O–H groups in total. The van der Waals surface area contributed by atoms with Crippen LogP contribution in [0.25, 0.3) is 0 Å². The maximum Gasteiger partial charge on any atom is 0.0587 e. The Bertz CT molecular complexity index is 115. The highest BCUT2D eigenvalue weighted by Crippen LogP contribution is 2.14. The predicted molar refractivity (Wildman–Crippen MR) is 59.5 cm³/mol. The standard InChI is InChI=1S/C10H21NOS/c1-13-9-7-11-6-5-10-4-2-3-8-12-10/h10-11H,2-9H2,1H3. The van der Waals surface area contributed by atoms with Crippen molar-refractivity contribution in [2.45, 2.75) is 31.8 Å². The predicted octanol–water partition coefficient (Wildman–Crippen LogP) is 1.90. The zero-order valence-electron chi connectivity index (χ0n) is 8.55. The summed E-state index contributed by atoms with van der Waals surface area (Å²) in [5.41, 5.74) is 0. The molecule has 0 radical (unpaired) electrons. The van der Waals surface area contributed by atoms with E-state index in [-0.39, 0.29) is 0 Å². The lowest BCUT2D eigenvalue weighted by atomic mass is 10.1. The molecule has 13 heavy (non-hydrogen) atoms. The SMILES string of the molecule is CSCCNCCC1CCCCO1. The first-order valence-corrected chi connectivity index (χ1v) is 6.64. The van der Waals surface area contributed by atoms with E-state index in [1.54, 1.807) is 0 Å². The first kappa shape index (κ1) is 11.3. The van der Waals surface area contributed by atoms with Crippen molar-refractivity contribution in [3.05, 3.63) is 0 Å². The van der Waals surface area contributed by atoms with Crippen molar-refractivity contribution in [1.82, 2.24) is 5.32 Å². The van der Waals surface area contributed by atoms with Crippen LogP contribution in [0.5, 0.6) is 0 Å². The minimum absolute atomic E-state index is 0.538. The molecular weight excluding hydrogens is 182 g/mol. The molecule has 1 atom stereocenters. The van der Waals surface area contributed by atoms with Gasteiger partial charge in [0.05, 0.1) is 6.10 Å². The summed E-state index contributed by atoms with van der Waals surface area (Å²) in [6, 6.07) is 0. The van der Waals surface area contributed by atoms with E-state index in [0.29, 0.717) is 6.10 Å². The molecule has 0 aromatic rings. The smallest absolute Gasteiger partial charge is 0.0587 e. The molecule has 1 unspecified atom stereocenters. The van der Waals surface area contributed by atoms with Crippen LogP contribution in [0.2, 0.25) is 0 Å². The van der Waals surface area contributed by atoms with Gasteiger partial charge in [-0.25, -0.2) is 0 Å². The van der Waals surface area contributed by atoms with Gasteiger partial charge < -0.3 is 10.1 Å². The van der Waals surface area contributed by atoms with E-state index in [2.05, 4.69) is 11.6 Å². The molecule has 1 aliphatic heterocycles. The molecule has 0 spiro atoms. The average Bonchev–Trinajstić information content (AvgIpc) is 2.19. The largest absolute Gasteiger partial charge is 0.378 e. The van der Waals surface area contributed by atoms with Crippen LogP contribution in [0.15, 0.2) is 0 Å². The second kappa shape index (κ2) is 7.65. The van der Waals surface area contributed by atoms with Crippen LogP contribution in [-0.4, -0.2) is 37.8 Å². The van der Waals surface area contributed by atoms with Gasteiger partial charge in [-0.1, -0.05) is 0 Å². The molecule has 1 rings (SSSR count). The van der Waals surface area contributed by atoms with Crippen LogP contribution < -0.4 is 5.32 Å². The van der Waals surface area contributed by atoms with Crippen molar-refractivity contribution >= 4 is 11.8 Å².